The van der Waals surface area contributed by atoms with Crippen molar-refractivity contribution in [3.05, 3.63) is 186 Å². The maximum absolute atomic E-state index is 4.05. The highest BCUT2D eigenvalue weighted by atomic mass is 32.2. The predicted octanol–water partition coefficient (Wildman–Crippen LogP) is 14.0. The van der Waals surface area contributed by atoms with Crippen molar-refractivity contribution in [3.63, 3.8) is 0 Å². The summed E-state index contributed by atoms with van der Waals surface area (Å²) in [6.45, 7) is 16.6. The summed E-state index contributed by atoms with van der Waals surface area (Å²) in [6, 6.07) is 28.6. The number of rotatable bonds is 12. The lowest BCUT2D eigenvalue weighted by Gasteiger charge is -2.40. The summed E-state index contributed by atoms with van der Waals surface area (Å²) in [4.78, 5) is 3.99. The first-order valence-electron chi connectivity index (χ1n) is 18.6. The number of nitrogens with zero attached hydrogens (tertiary/aromatic N) is 1. The van der Waals surface area contributed by atoms with E-state index in [0.29, 0.717) is 5.92 Å². The van der Waals surface area contributed by atoms with Crippen LogP contribution < -0.4 is 4.90 Å². The molecule has 2 heteroatoms. The van der Waals surface area contributed by atoms with E-state index in [1.807, 2.05) is 6.08 Å². The summed E-state index contributed by atoms with van der Waals surface area (Å²) in [7, 11) is 0. The average molecular weight is 688 g/mol. The number of hydrogen-bond acceptors (Lipinski definition) is 2. The fourth-order valence-electron chi connectivity index (χ4n) is 7.53. The van der Waals surface area contributed by atoms with Crippen LogP contribution in [0.2, 0.25) is 0 Å². The number of allylic oxidation sites excluding steroid dienone is 13. The van der Waals surface area contributed by atoms with Gasteiger partial charge in [-0.3, -0.25) is 0 Å². The molecule has 51 heavy (non-hydrogen) atoms. The summed E-state index contributed by atoms with van der Waals surface area (Å²) in [5.74, 6) is 0.392. The Morgan fingerprint density at radius 1 is 0.922 bits per heavy atom. The van der Waals surface area contributed by atoms with Gasteiger partial charge in [-0.25, -0.2) is 0 Å². The molecule has 3 aromatic carbocycles. The molecule has 1 heterocycles. The number of thioether (sulfide) groups is 1. The van der Waals surface area contributed by atoms with Crippen molar-refractivity contribution in [2.24, 2.45) is 11.3 Å². The van der Waals surface area contributed by atoms with Crippen LogP contribution in [0.3, 0.4) is 0 Å². The average Bonchev–Trinajstić information content (AvgIpc) is 3.36. The molecule has 3 aromatic rings. The normalized spacial score (nSPS) is 21.5. The molecule has 1 spiro atoms. The van der Waals surface area contributed by atoms with Crippen LogP contribution in [-0.2, 0) is 0 Å². The summed E-state index contributed by atoms with van der Waals surface area (Å²) in [5, 5.41) is 0. The lowest BCUT2D eigenvalue weighted by Crippen LogP contribution is -2.37. The maximum atomic E-state index is 4.05. The lowest BCUT2D eigenvalue weighted by atomic mass is 9.70. The highest BCUT2D eigenvalue weighted by Gasteiger charge is 2.51. The van der Waals surface area contributed by atoms with Crippen LogP contribution in [0.4, 0.5) is 5.69 Å². The smallest absolute Gasteiger partial charge is 0.0512 e. The third-order valence-corrected chi connectivity index (χ3v) is 12.9. The van der Waals surface area contributed by atoms with Gasteiger partial charge in [0.05, 0.1) is 4.75 Å². The van der Waals surface area contributed by atoms with Gasteiger partial charge in [0.25, 0.3) is 0 Å². The summed E-state index contributed by atoms with van der Waals surface area (Å²) in [6.07, 6.45) is 31.5. The van der Waals surface area contributed by atoms with E-state index in [1.54, 1.807) is 0 Å². The predicted molar refractivity (Wildman–Crippen MR) is 226 cm³/mol. The molecule has 2 aliphatic carbocycles. The summed E-state index contributed by atoms with van der Waals surface area (Å²) >= 11 is 2.07. The van der Waals surface area contributed by atoms with Gasteiger partial charge >= 0.3 is 0 Å². The van der Waals surface area contributed by atoms with E-state index in [4.69, 9.17) is 0 Å². The second-order valence-electron chi connectivity index (χ2n) is 14.4. The van der Waals surface area contributed by atoms with Crippen molar-refractivity contribution < 1.29 is 0 Å². The molecule has 1 nitrogen and oxygen atoms in total. The van der Waals surface area contributed by atoms with Gasteiger partial charge in [-0.15, -0.1) is 11.8 Å². The number of anilines is 1. The van der Waals surface area contributed by atoms with Crippen molar-refractivity contribution in [2.45, 2.75) is 65.0 Å². The quantitative estimate of drug-likeness (QED) is 0.174. The standard InChI is InChI=1S/C49H53NS/c1-7-19-45(27-18-24-40(9-3)47-37(4)48(5,6)49(51-47)32-14-11-15-33-49)50(36-39-21-16-20-38(8-2)34-39)46-30-28-42(29-31-46)44-26-17-25-43(35-44)41-22-12-10-13-23-41/h8-20,22-23,25-32,34-35,39H,2,7,21,24,33,36H2,1,3-6H3/b27-18-,40-9-,45-19+. The minimum Gasteiger partial charge on any atom is -0.341 e. The van der Waals surface area contributed by atoms with Crippen LogP contribution in [0.1, 0.15) is 60.3 Å². The van der Waals surface area contributed by atoms with Crippen molar-refractivity contribution >= 4 is 17.4 Å². The molecule has 2 atom stereocenters. The Morgan fingerprint density at radius 2 is 1.65 bits per heavy atom. The van der Waals surface area contributed by atoms with Crippen LogP contribution in [0, 0.1) is 11.3 Å². The van der Waals surface area contributed by atoms with E-state index < -0.39 is 0 Å². The highest BCUT2D eigenvalue weighted by molar-refractivity contribution is 8.05. The topological polar surface area (TPSA) is 3.24 Å². The Hall–Kier alpha value is -4.53. The van der Waals surface area contributed by atoms with Crippen molar-refractivity contribution in [1.82, 2.24) is 0 Å². The Bertz CT molecular complexity index is 1960. The fourth-order valence-corrected chi connectivity index (χ4v) is 9.37. The monoisotopic (exact) mass is 687 g/mol. The fraction of sp³-hybridized carbons (Fsp3) is 0.265. The summed E-state index contributed by atoms with van der Waals surface area (Å²) in [5.41, 5.74) is 11.6. The van der Waals surface area contributed by atoms with Crippen LogP contribution in [0.5, 0.6) is 0 Å². The van der Waals surface area contributed by atoms with Crippen molar-refractivity contribution in [1.29, 1.82) is 0 Å². The first kappa shape index (κ1) is 36.3. The molecule has 0 N–H and O–H groups in total. The third kappa shape index (κ3) is 7.87. The SMILES string of the molecule is C=CC1=CC(CN(C(/C=C\C/C(=C/C)C2=C(C)C(C)(C)C3(C=CC=CC3)S2)=C/CC)c2ccc(-c3cccc(-c4ccccc4)c3)cc2)CC=C1. The van der Waals surface area contributed by atoms with Gasteiger partial charge in [-0.2, -0.15) is 0 Å². The van der Waals surface area contributed by atoms with Gasteiger partial charge in [-0.05, 0) is 103 Å². The molecule has 2 unspecified atom stereocenters. The van der Waals surface area contributed by atoms with Gasteiger partial charge in [0.15, 0.2) is 0 Å². The Labute approximate surface area is 312 Å². The highest BCUT2D eigenvalue weighted by Crippen LogP contribution is 2.62. The van der Waals surface area contributed by atoms with Gasteiger partial charge in [0, 0.05) is 28.2 Å². The van der Waals surface area contributed by atoms with Crippen LogP contribution in [0.25, 0.3) is 22.3 Å². The second-order valence-corrected chi connectivity index (χ2v) is 15.7. The van der Waals surface area contributed by atoms with Gasteiger partial charge < -0.3 is 4.90 Å². The molecule has 6 rings (SSSR count). The van der Waals surface area contributed by atoms with E-state index in [-0.39, 0.29) is 10.2 Å². The van der Waals surface area contributed by atoms with E-state index in [0.717, 1.165) is 32.2 Å². The van der Waals surface area contributed by atoms with E-state index in [2.05, 4.69) is 204 Å². The molecular weight excluding hydrogens is 635 g/mol. The van der Waals surface area contributed by atoms with Crippen molar-refractivity contribution in [2.75, 3.05) is 11.4 Å². The Balaban J connectivity index is 1.28. The van der Waals surface area contributed by atoms with E-state index in [1.165, 1.54) is 55.3 Å². The van der Waals surface area contributed by atoms with Gasteiger partial charge in [-0.1, -0.05) is 160 Å². The number of hydrogen-bond donors (Lipinski definition) is 0. The zero-order valence-corrected chi connectivity index (χ0v) is 31.9. The molecule has 0 radical (unpaired) electrons. The molecule has 0 bridgehead atoms. The van der Waals surface area contributed by atoms with Crippen LogP contribution in [-0.4, -0.2) is 11.3 Å². The molecular formula is C49H53NS. The zero-order valence-electron chi connectivity index (χ0n) is 31.1. The molecule has 0 amide bonds. The number of benzene rings is 3. The Kier molecular flexibility index (Phi) is 11.5. The third-order valence-electron chi connectivity index (χ3n) is 11.0. The van der Waals surface area contributed by atoms with Crippen LogP contribution >= 0.6 is 11.8 Å². The minimum atomic E-state index is 0.0878. The second kappa shape index (κ2) is 16.2. The molecule has 0 saturated heterocycles. The molecule has 3 aliphatic rings. The first-order chi connectivity index (χ1) is 24.8. The molecule has 0 fully saturated rings. The first-order valence-corrected chi connectivity index (χ1v) is 19.4. The largest absolute Gasteiger partial charge is 0.341 e. The summed E-state index contributed by atoms with van der Waals surface area (Å²) < 4.78 is 0.0878. The molecule has 0 aromatic heterocycles. The van der Waals surface area contributed by atoms with Crippen molar-refractivity contribution in [3.8, 4) is 22.3 Å². The maximum Gasteiger partial charge on any atom is 0.0512 e. The van der Waals surface area contributed by atoms with Gasteiger partial charge in [0.1, 0.15) is 0 Å². The molecule has 260 valence electrons. The van der Waals surface area contributed by atoms with E-state index >= 15 is 0 Å². The van der Waals surface area contributed by atoms with Gasteiger partial charge in [0.2, 0.25) is 0 Å². The molecule has 0 saturated carbocycles. The zero-order chi connectivity index (χ0) is 35.8. The van der Waals surface area contributed by atoms with E-state index in [9.17, 15) is 0 Å². The minimum absolute atomic E-state index is 0.0878. The van der Waals surface area contributed by atoms with Crippen LogP contribution in [0.15, 0.2) is 186 Å². The Morgan fingerprint density at radius 3 is 2.31 bits per heavy atom. The lowest BCUT2D eigenvalue weighted by molar-refractivity contribution is 0.365. The molecule has 1 aliphatic heterocycles.